The first kappa shape index (κ1) is 18.8. The van der Waals surface area contributed by atoms with Crippen LogP contribution in [-0.2, 0) is 17.5 Å². The highest BCUT2D eigenvalue weighted by Crippen LogP contribution is 2.29. The summed E-state index contributed by atoms with van der Waals surface area (Å²) in [6, 6.07) is 4.76. The zero-order valence-corrected chi connectivity index (χ0v) is 13.1. The Kier molecular flexibility index (Phi) is 6.68. The first-order chi connectivity index (χ1) is 9.88. The Bertz CT molecular complexity index is 485. The van der Waals surface area contributed by atoms with Gasteiger partial charge >= 0.3 is 6.18 Å². The van der Waals surface area contributed by atoms with Crippen LogP contribution < -0.4 is 5.32 Å². The van der Waals surface area contributed by atoms with Crippen molar-refractivity contribution in [2.75, 3.05) is 13.6 Å². The van der Waals surface area contributed by atoms with Gasteiger partial charge in [-0.25, -0.2) is 0 Å². The van der Waals surface area contributed by atoms with E-state index < -0.39 is 11.7 Å². The Hall–Kier alpha value is -1.27. The van der Waals surface area contributed by atoms with Crippen molar-refractivity contribution in [3.05, 3.63) is 35.4 Å². The SMILES string of the molecule is CN(Cc1ccc(C(F)(F)F)cc1)C(=O)[C@@H]1CCCCN1.Cl. The van der Waals surface area contributed by atoms with Gasteiger partial charge in [0, 0.05) is 13.6 Å². The Balaban J connectivity index is 0.00000242. The number of rotatable bonds is 3. The van der Waals surface area contributed by atoms with Crippen molar-refractivity contribution in [2.45, 2.75) is 38.0 Å². The molecule has 1 aliphatic rings. The topological polar surface area (TPSA) is 32.3 Å². The highest BCUT2D eigenvalue weighted by Gasteiger charge is 2.30. The van der Waals surface area contributed by atoms with Gasteiger partial charge in [0.05, 0.1) is 11.6 Å². The number of nitrogens with zero attached hydrogens (tertiary/aromatic N) is 1. The maximum absolute atomic E-state index is 12.5. The molecule has 1 aliphatic heterocycles. The molecule has 22 heavy (non-hydrogen) atoms. The highest BCUT2D eigenvalue weighted by atomic mass is 35.5. The summed E-state index contributed by atoms with van der Waals surface area (Å²) >= 11 is 0. The third-order valence-corrected chi connectivity index (χ3v) is 3.69. The quantitative estimate of drug-likeness (QED) is 0.919. The molecule has 0 aliphatic carbocycles. The van der Waals surface area contributed by atoms with Crippen LogP contribution in [0.4, 0.5) is 13.2 Å². The summed E-state index contributed by atoms with van der Waals surface area (Å²) in [4.78, 5) is 13.8. The molecule has 0 bridgehead atoms. The van der Waals surface area contributed by atoms with Gasteiger partial charge in [0.1, 0.15) is 0 Å². The number of nitrogens with one attached hydrogen (secondary N) is 1. The van der Waals surface area contributed by atoms with E-state index >= 15 is 0 Å². The number of likely N-dealkylation sites (N-methyl/N-ethyl adjacent to an activating group) is 1. The Morgan fingerprint density at radius 1 is 1.27 bits per heavy atom. The average Bonchev–Trinajstić information content (AvgIpc) is 2.47. The van der Waals surface area contributed by atoms with Crippen molar-refractivity contribution in [1.82, 2.24) is 10.2 Å². The molecule has 1 aromatic carbocycles. The number of halogens is 4. The Morgan fingerprint density at radius 2 is 1.91 bits per heavy atom. The fourth-order valence-corrected chi connectivity index (χ4v) is 2.48. The molecule has 2 rings (SSSR count). The molecule has 124 valence electrons. The molecule has 0 aromatic heterocycles. The monoisotopic (exact) mass is 336 g/mol. The van der Waals surface area contributed by atoms with E-state index in [4.69, 9.17) is 0 Å². The second kappa shape index (κ2) is 7.83. The van der Waals surface area contributed by atoms with E-state index in [1.807, 2.05) is 0 Å². The smallest absolute Gasteiger partial charge is 0.340 e. The molecule has 1 N–H and O–H groups in total. The lowest BCUT2D eigenvalue weighted by atomic mass is 10.0. The van der Waals surface area contributed by atoms with Gasteiger partial charge in [-0.1, -0.05) is 18.6 Å². The van der Waals surface area contributed by atoms with Crippen LogP contribution in [-0.4, -0.2) is 30.4 Å². The summed E-state index contributed by atoms with van der Waals surface area (Å²) < 4.78 is 37.4. The highest BCUT2D eigenvalue weighted by molar-refractivity contribution is 5.85. The number of piperidine rings is 1. The summed E-state index contributed by atoms with van der Waals surface area (Å²) in [5, 5.41) is 3.17. The Labute approximate surface area is 134 Å². The fraction of sp³-hybridized carbons (Fsp3) is 0.533. The predicted molar refractivity (Wildman–Crippen MR) is 80.8 cm³/mol. The molecule has 1 amide bonds. The van der Waals surface area contributed by atoms with Gasteiger partial charge in [0.2, 0.25) is 5.91 Å². The summed E-state index contributed by atoms with van der Waals surface area (Å²) in [5.41, 5.74) is 0.0174. The third kappa shape index (κ3) is 4.88. The van der Waals surface area contributed by atoms with E-state index in [1.54, 1.807) is 11.9 Å². The van der Waals surface area contributed by atoms with Crippen LogP contribution in [0.3, 0.4) is 0 Å². The minimum Gasteiger partial charge on any atom is -0.340 e. The molecule has 0 unspecified atom stereocenters. The minimum absolute atomic E-state index is 0. The lowest BCUT2D eigenvalue weighted by molar-refractivity contribution is -0.137. The van der Waals surface area contributed by atoms with E-state index in [0.717, 1.165) is 37.9 Å². The maximum Gasteiger partial charge on any atom is 0.416 e. The molecule has 7 heteroatoms. The van der Waals surface area contributed by atoms with Crippen molar-refractivity contribution in [3.63, 3.8) is 0 Å². The van der Waals surface area contributed by atoms with Crippen LogP contribution in [0.5, 0.6) is 0 Å². The van der Waals surface area contributed by atoms with Crippen molar-refractivity contribution in [3.8, 4) is 0 Å². The molecule has 1 saturated heterocycles. The third-order valence-electron chi connectivity index (χ3n) is 3.69. The lowest BCUT2D eigenvalue weighted by Gasteiger charge is -2.27. The van der Waals surface area contributed by atoms with Gasteiger partial charge in [-0.3, -0.25) is 4.79 Å². The number of alkyl halides is 3. The molecule has 0 saturated carbocycles. The van der Waals surface area contributed by atoms with Crippen LogP contribution in [0.2, 0.25) is 0 Å². The van der Waals surface area contributed by atoms with E-state index in [2.05, 4.69) is 5.32 Å². The summed E-state index contributed by atoms with van der Waals surface area (Å²) in [6.07, 6.45) is -1.41. The normalized spacial score (nSPS) is 18.5. The first-order valence-corrected chi connectivity index (χ1v) is 7.02. The molecule has 0 spiro atoms. The van der Waals surface area contributed by atoms with Crippen LogP contribution in [0.15, 0.2) is 24.3 Å². The van der Waals surface area contributed by atoms with Gasteiger partial charge in [-0.15, -0.1) is 12.4 Å². The van der Waals surface area contributed by atoms with Crippen molar-refractivity contribution < 1.29 is 18.0 Å². The number of hydrogen-bond donors (Lipinski definition) is 1. The number of hydrogen-bond acceptors (Lipinski definition) is 2. The molecular formula is C15H20ClF3N2O. The molecule has 1 fully saturated rings. The van der Waals surface area contributed by atoms with Crippen molar-refractivity contribution >= 4 is 18.3 Å². The van der Waals surface area contributed by atoms with Crippen LogP contribution in [0.25, 0.3) is 0 Å². The number of carbonyl (C=O) groups excluding carboxylic acids is 1. The van der Waals surface area contributed by atoms with E-state index in [-0.39, 0.29) is 24.4 Å². The number of amides is 1. The summed E-state index contributed by atoms with van der Waals surface area (Å²) in [5.74, 6) is -0.00500. The van der Waals surface area contributed by atoms with Gasteiger partial charge < -0.3 is 10.2 Å². The van der Waals surface area contributed by atoms with Crippen molar-refractivity contribution in [1.29, 1.82) is 0 Å². The van der Waals surface area contributed by atoms with Crippen LogP contribution in [0.1, 0.15) is 30.4 Å². The zero-order valence-electron chi connectivity index (χ0n) is 12.3. The standard InChI is InChI=1S/C15H19F3N2O.ClH/c1-20(14(21)13-4-2-3-9-19-13)10-11-5-7-12(8-6-11)15(16,17)18;/h5-8,13,19H,2-4,9-10H2,1H3;1H/t13-;/m0./s1. The molecule has 0 radical (unpaired) electrons. The molecule has 1 heterocycles. The largest absolute Gasteiger partial charge is 0.416 e. The van der Waals surface area contributed by atoms with Crippen LogP contribution >= 0.6 is 12.4 Å². The van der Waals surface area contributed by atoms with E-state index in [1.165, 1.54) is 12.1 Å². The average molecular weight is 337 g/mol. The maximum atomic E-state index is 12.5. The van der Waals surface area contributed by atoms with Gasteiger partial charge in [-0.2, -0.15) is 13.2 Å². The zero-order chi connectivity index (χ0) is 15.5. The summed E-state index contributed by atoms with van der Waals surface area (Å²) in [7, 11) is 1.68. The number of carbonyl (C=O) groups is 1. The second-order valence-corrected chi connectivity index (χ2v) is 5.39. The predicted octanol–water partition coefficient (Wildman–Crippen LogP) is 3.23. The van der Waals surface area contributed by atoms with Crippen LogP contribution in [0, 0.1) is 0 Å². The van der Waals surface area contributed by atoms with Crippen molar-refractivity contribution in [2.24, 2.45) is 0 Å². The fourth-order valence-electron chi connectivity index (χ4n) is 2.48. The van der Waals surface area contributed by atoms with Gasteiger partial charge in [0.25, 0.3) is 0 Å². The minimum atomic E-state index is -4.33. The lowest BCUT2D eigenvalue weighted by Crippen LogP contribution is -2.46. The first-order valence-electron chi connectivity index (χ1n) is 7.02. The molecule has 3 nitrogen and oxygen atoms in total. The van der Waals surface area contributed by atoms with Gasteiger partial charge in [-0.05, 0) is 37.1 Å². The molecular weight excluding hydrogens is 317 g/mol. The van der Waals surface area contributed by atoms with Gasteiger partial charge in [0.15, 0.2) is 0 Å². The van der Waals surface area contributed by atoms with E-state index in [0.29, 0.717) is 12.1 Å². The number of benzene rings is 1. The second-order valence-electron chi connectivity index (χ2n) is 5.39. The summed E-state index contributed by atoms with van der Waals surface area (Å²) in [6.45, 7) is 1.15. The Morgan fingerprint density at radius 3 is 2.41 bits per heavy atom. The molecule has 1 atom stereocenters. The van der Waals surface area contributed by atoms with E-state index in [9.17, 15) is 18.0 Å². The molecule has 1 aromatic rings.